The third-order valence-corrected chi connectivity index (χ3v) is 2.60. The number of aromatic nitrogens is 3. The summed E-state index contributed by atoms with van der Waals surface area (Å²) in [4.78, 5) is 4.13. The Bertz CT molecular complexity index is 513. The Hall–Kier alpha value is -1.33. The zero-order valence-corrected chi connectivity index (χ0v) is 10.3. The number of hydrogen-bond donors (Lipinski definition) is 1. The Morgan fingerprint density at radius 1 is 1.53 bits per heavy atom. The van der Waals surface area contributed by atoms with Crippen molar-refractivity contribution in [3.63, 3.8) is 0 Å². The van der Waals surface area contributed by atoms with Crippen LogP contribution in [0.3, 0.4) is 0 Å². The van der Waals surface area contributed by atoms with Crippen LogP contribution in [0.25, 0.3) is 5.52 Å². The lowest BCUT2D eigenvalue weighted by atomic mass is 10.3. The molecule has 17 heavy (non-hydrogen) atoms. The van der Waals surface area contributed by atoms with E-state index >= 15 is 0 Å². The third kappa shape index (κ3) is 2.50. The number of halogens is 1. The monoisotopic (exact) mass is 255 g/mol. The van der Waals surface area contributed by atoms with Crippen molar-refractivity contribution in [2.75, 3.05) is 6.61 Å². The normalized spacial score (nSPS) is 11.0. The zero-order chi connectivity index (χ0) is 12.3. The van der Waals surface area contributed by atoms with Gasteiger partial charge in [-0.2, -0.15) is 10.1 Å². The van der Waals surface area contributed by atoms with E-state index in [1.165, 1.54) is 0 Å². The van der Waals surface area contributed by atoms with Gasteiger partial charge in [-0.3, -0.25) is 0 Å². The number of aliphatic hydroxyl groups excluding tert-OH is 1. The maximum absolute atomic E-state index is 9.22. The molecule has 6 heteroatoms. The summed E-state index contributed by atoms with van der Waals surface area (Å²) in [7, 11) is 0. The van der Waals surface area contributed by atoms with Gasteiger partial charge in [0.2, 0.25) is 5.88 Å². The topological polar surface area (TPSA) is 59.7 Å². The summed E-state index contributed by atoms with van der Waals surface area (Å²) >= 11 is 5.87. The molecular weight excluding hydrogens is 242 g/mol. The molecule has 2 aromatic heterocycles. The van der Waals surface area contributed by atoms with E-state index in [1.807, 2.05) is 0 Å². The Morgan fingerprint density at radius 2 is 2.35 bits per heavy atom. The predicted molar refractivity (Wildman–Crippen MR) is 64.3 cm³/mol. The maximum Gasteiger partial charge on any atom is 0.241 e. The van der Waals surface area contributed by atoms with Crippen LogP contribution in [0.1, 0.15) is 25.3 Å². The second-order valence-corrected chi connectivity index (χ2v) is 4.08. The van der Waals surface area contributed by atoms with E-state index < -0.39 is 0 Å². The lowest BCUT2D eigenvalue weighted by molar-refractivity contribution is 0.280. The zero-order valence-electron chi connectivity index (χ0n) is 9.56. The van der Waals surface area contributed by atoms with Crippen molar-refractivity contribution in [1.82, 2.24) is 14.6 Å². The van der Waals surface area contributed by atoms with Crippen molar-refractivity contribution < 1.29 is 9.84 Å². The van der Waals surface area contributed by atoms with Crippen molar-refractivity contribution in [2.24, 2.45) is 0 Å². The van der Waals surface area contributed by atoms with Crippen molar-refractivity contribution in [1.29, 1.82) is 0 Å². The third-order valence-electron chi connectivity index (χ3n) is 2.42. The number of rotatable bonds is 5. The Balaban J connectivity index is 2.39. The van der Waals surface area contributed by atoms with Crippen LogP contribution in [0, 0.1) is 0 Å². The summed E-state index contributed by atoms with van der Waals surface area (Å²) in [5, 5.41) is 13.6. The molecule has 0 amide bonds. The lowest BCUT2D eigenvalue weighted by Gasteiger charge is -2.07. The molecule has 0 aliphatic heterocycles. The number of aliphatic hydroxyl groups is 1. The number of unbranched alkanes of at least 4 members (excludes halogenated alkanes) is 1. The molecule has 0 saturated heterocycles. The van der Waals surface area contributed by atoms with E-state index in [-0.39, 0.29) is 6.61 Å². The fraction of sp³-hybridized carbons (Fsp3) is 0.455. The molecule has 0 saturated carbocycles. The first kappa shape index (κ1) is 12.1. The molecule has 1 N–H and O–H groups in total. The van der Waals surface area contributed by atoms with Crippen LogP contribution in [0.5, 0.6) is 5.88 Å². The maximum atomic E-state index is 9.22. The molecule has 2 heterocycles. The van der Waals surface area contributed by atoms with E-state index in [4.69, 9.17) is 16.3 Å². The molecule has 0 spiro atoms. The SMILES string of the molecule is CCCCOc1nc(Cl)cn2ncc(CO)c12. The molecular formula is C11H14ClN3O2. The fourth-order valence-electron chi connectivity index (χ4n) is 1.54. The first-order valence-electron chi connectivity index (χ1n) is 5.52. The second kappa shape index (κ2) is 5.33. The van der Waals surface area contributed by atoms with E-state index in [0.717, 1.165) is 12.8 Å². The molecule has 0 radical (unpaired) electrons. The van der Waals surface area contributed by atoms with E-state index in [2.05, 4.69) is 17.0 Å². The largest absolute Gasteiger partial charge is 0.476 e. The van der Waals surface area contributed by atoms with Gasteiger partial charge < -0.3 is 9.84 Å². The van der Waals surface area contributed by atoms with Gasteiger partial charge in [0.15, 0.2) is 5.15 Å². The van der Waals surface area contributed by atoms with E-state index in [0.29, 0.717) is 28.7 Å². The minimum absolute atomic E-state index is 0.100. The Labute approximate surface area is 104 Å². The van der Waals surface area contributed by atoms with Crippen LogP contribution in [-0.2, 0) is 6.61 Å². The highest BCUT2D eigenvalue weighted by Gasteiger charge is 2.12. The Morgan fingerprint density at radius 3 is 3.06 bits per heavy atom. The van der Waals surface area contributed by atoms with Crippen LogP contribution < -0.4 is 4.74 Å². The molecule has 0 atom stereocenters. The first-order valence-corrected chi connectivity index (χ1v) is 5.90. The van der Waals surface area contributed by atoms with Gasteiger partial charge >= 0.3 is 0 Å². The minimum atomic E-state index is -0.100. The van der Waals surface area contributed by atoms with Crippen molar-refractivity contribution >= 4 is 17.1 Å². The molecule has 0 unspecified atom stereocenters. The Kier molecular flexibility index (Phi) is 3.81. The van der Waals surface area contributed by atoms with Gasteiger partial charge in [0.05, 0.1) is 25.6 Å². The van der Waals surface area contributed by atoms with E-state index in [1.54, 1.807) is 16.9 Å². The predicted octanol–water partition coefficient (Wildman–Crippen LogP) is 2.05. The molecule has 0 aliphatic rings. The molecule has 0 fully saturated rings. The van der Waals surface area contributed by atoms with Crippen LogP contribution in [0.4, 0.5) is 0 Å². The van der Waals surface area contributed by atoms with Gasteiger partial charge in [-0.15, -0.1) is 0 Å². The molecule has 0 aliphatic carbocycles. The molecule has 0 bridgehead atoms. The summed E-state index contributed by atoms with van der Waals surface area (Å²) < 4.78 is 7.15. The standard InChI is InChI=1S/C11H14ClN3O2/c1-2-3-4-17-11-10-8(7-16)5-13-15(10)6-9(12)14-11/h5-6,16H,2-4,7H2,1H3. The fourth-order valence-corrected chi connectivity index (χ4v) is 1.71. The molecule has 2 aromatic rings. The van der Waals surface area contributed by atoms with Crippen LogP contribution in [-0.4, -0.2) is 26.3 Å². The number of fused-ring (bicyclic) bond motifs is 1. The second-order valence-electron chi connectivity index (χ2n) is 3.69. The van der Waals surface area contributed by atoms with Crippen molar-refractivity contribution in [3.8, 4) is 5.88 Å². The van der Waals surface area contributed by atoms with Gasteiger partial charge in [-0.05, 0) is 6.42 Å². The lowest BCUT2D eigenvalue weighted by Crippen LogP contribution is -2.02. The molecule has 92 valence electrons. The highest BCUT2D eigenvalue weighted by molar-refractivity contribution is 6.29. The van der Waals surface area contributed by atoms with Gasteiger partial charge in [-0.1, -0.05) is 24.9 Å². The van der Waals surface area contributed by atoms with Crippen molar-refractivity contribution in [3.05, 3.63) is 23.1 Å². The summed E-state index contributed by atoms with van der Waals surface area (Å²) in [6, 6.07) is 0. The summed E-state index contributed by atoms with van der Waals surface area (Å²) in [6.07, 6.45) is 5.16. The van der Waals surface area contributed by atoms with Crippen LogP contribution in [0.2, 0.25) is 5.15 Å². The number of nitrogens with zero attached hydrogens (tertiary/aromatic N) is 3. The first-order chi connectivity index (χ1) is 8.26. The highest BCUT2D eigenvalue weighted by atomic mass is 35.5. The smallest absolute Gasteiger partial charge is 0.241 e. The van der Waals surface area contributed by atoms with Gasteiger partial charge in [0, 0.05) is 5.56 Å². The molecule has 0 aromatic carbocycles. The number of hydrogen-bond acceptors (Lipinski definition) is 4. The molecule has 2 rings (SSSR count). The average molecular weight is 256 g/mol. The highest BCUT2D eigenvalue weighted by Crippen LogP contribution is 2.23. The van der Waals surface area contributed by atoms with E-state index in [9.17, 15) is 5.11 Å². The number of ether oxygens (including phenoxy) is 1. The molecule has 5 nitrogen and oxygen atoms in total. The van der Waals surface area contributed by atoms with Crippen molar-refractivity contribution in [2.45, 2.75) is 26.4 Å². The van der Waals surface area contributed by atoms with Crippen LogP contribution in [0.15, 0.2) is 12.4 Å². The van der Waals surface area contributed by atoms with Gasteiger partial charge in [0.1, 0.15) is 5.52 Å². The minimum Gasteiger partial charge on any atom is -0.476 e. The van der Waals surface area contributed by atoms with Crippen LogP contribution >= 0.6 is 11.6 Å². The van der Waals surface area contributed by atoms with Gasteiger partial charge in [0.25, 0.3) is 0 Å². The van der Waals surface area contributed by atoms with Gasteiger partial charge in [-0.25, -0.2) is 4.52 Å². The summed E-state index contributed by atoms with van der Waals surface area (Å²) in [5.74, 6) is 0.424. The summed E-state index contributed by atoms with van der Waals surface area (Å²) in [5.41, 5.74) is 1.36. The summed E-state index contributed by atoms with van der Waals surface area (Å²) in [6.45, 7) is 2.56. The quantitative estimate of drug-likeness (QED) is 0.831. The average Bonchev–Trinajstić information content (AvgIpc) is 2.72.